The number of rotatable bonds is 2. The van der Waals surface area contributed by atoms with Crippen LogP contribution in [-0.4, -0.2) is 19.7 Å². The molecule has 5 heteroatoms. The number of oxazole rings is 1. The van der Waals surface area contributed by atoms with E-state index >= 15 is 0 Å². The maximum Gasteiger partial charge on any atom is 0.181 e. The normalized spacial score (nSPS) is 11.2. The number of benzene rings is 2. The Morgan fingerprint density at radius 1 is 1.05 bits per heavy atom. The van der Waals surface area contributed by atoms with Crippen molar-refractivity contribution in [3.63, 3.8) is 0 Å². The second-order valence-electron chi connectivity index (χ2n) is 5.30. The predicted molar refractivity (Wildman–Crippen MR) is 83.8 cm³/mol. The topological polar surface area (TPSA) is 56.7 Å². The van der Waals surface area contributed by atoms with E-state index in [1.54, 1.807) is 6.33 Å². The summed E-state index contributed by atoms with van der Waals surface area (Å²) in [6, 6.07) is 12.1. The summed E-state index contributed by atoms with van der Waals surface area (Å²) >= 11 is 0. The van der Waals surface area contributed by atoms with E-state index in [4.69, 9.17) is 4.42 Å². The van der Waals surface area contributed by atoms with Gasteiger partial charge in [-0.25, -0.2) is 4.98 Å². The molecule has 0 bridgehead atoms. The van der Waals surface area contributed by atoms with Crippen LogP contribution in [0.4, 0.5) is 0 Å². The van der Waals surface area contributed by atoms with Crippen molar-refractivity contribution in [2.75, 3.05) is 0 Å². The molecule has 2 aromatic heterocycles. The van der Waals surface area contributed by atoms with Crippen LogP contribution in [0.25, 0.3) is 28.2 Å². The molecule has 0 saturated heterocycles. The molecule has 0 aliphatic rings. The summed E-state index contributed by atoms with van der Waals surface area (Å²) < 4.78 is 7.31. The van der Waals surface area contributed by atoms with Crippen molar-refractivity contribution in [2.45, 2.75) is 13.8 Å². The van der Waals surface area contributed by atoms with Crippen LogP contribution in [0.5, 0.6) is 0 Å². The van der Waals surface area contributed by atoms with E-state index in [1.165, 1.54) is 17.5 Å². The zero-order chi connectivity index (χ0) is 15.1. The average molecular weight is 290 g/mol. The molecule has 0 aliphatic carbocycles. The molecule has 22 heavy (non-hydrogen) atoms. The van der Waals surface area contributed by atoms with E-state index in [1.807, 2.05) is 22.8 Å². The molecule has 5 nitrogen and oxygen atoms in total. The molecule has 2 aromatic carbocycles. The highest BCUT2D eigenvalue weighted by atomic mass is 16.3. The fourth-order valence-electron chi connectivity index (χ4n) is 2.78. The Morgan fingerprint density at radius 3 is 2.68 bits per heavy atom. The molecular formula is C17H14N4O. The van der Waals surface area contributed by atoms with Crippen LogP contribution in [0.15, 0.2) is 53.5 Å². The monoisotopic (exact) mass is 290 g/mol. The second kappa shape index (κ2) is 4.80. The number of aromatic nitrogens is 4. The third-order valence-electron chi connectivity index (χ3n) is 3.82. The highest BCUT2D eigenvalue weighted by Crippen LogP contribution is 2.27. The van der Waals surface area contributed by atoms with Crippen LogP contribution in [0.2, 0.25) is 0 Å². The standard InChI is InChI=1S/C17H14N4O/c1-11-4-3-5-12(2)16(11)21-9-19-20-17(21)13-6-7-15-14(8-13)18-10-22-15/h3-10H,1-2H3. The van der Waals surface area contributed by atoms with Crippen molar-refractivity contribution in [3.8, 4) is 17.1 Å². The summed E-state index contributed by atoms with van der Waals surface area (Å²) in [6.07, 6.45) is 3.20. The largest absolute Gasteiger partial charge is 0.443 e. The Morgan fingerprint density at radius 2 is 1.86 bits per heavy atom. The number of fused-ring (bicyclic) bond motifs is 1. The minimum atomic E-state index is 0.766. The van der Waals surface area contributed by atoms with Crippen molar-refractivity contribution >= 4 is 11.1 Å². The summed E-state index contributed by atoms with van der Waals surface area (Å²) in [5.74, 6) is 0.794. The lowest BCUT2D eigenvalue weighted by Crippen LogP contribution is -2.01. The van der Waals surface area contributed by atoms with E-state index in [0.29, 0.717) is 0 Å². The molecule has 0 N–H and O–H groups in total. The summed E-state index contributed by atoms with van der Waals surface area (Å²) in [6.45, 7) is 4.18. The van der Waals surface area contributed by atoms with Crippen LogP contribution < -0.4 is 0 Å². The Labute approximate surface area is 127 Å². The van der Waals surface area contributed by atoms with Crippen LogP contribution in [0.3, 0.4) is 0 Å². The van der Waals surface area contributed by atoms with Crippen LogP contribution >= 0.6 is 0 Å². The molecule has 0 amide bonds. The molecule has 0 spiro atoms. The van der Waals surface area contributed by atoms with Crippen LogP contribution in [0, 0.1) is 13.8 Å². The Hall–Kier alpha value is -2.95. The number of hydrogen-bond acceptors (Lipinski definition) is 4. The molecule has 0 saturated carbocycles. The summed E-state index contributed by atoms with van der Waals surface area (Å²) in [5.41, 5.74) is 6.02. The molecule has 0 radical (unpaired) electrons. The Kier molecular flexibility index (Phi) is 2.79. The number of para-hydroxylation sites is 1. The first-order valence-corrected chi connectivity index (χ1v) is 7.04. The SMILES string of the molecule is Cc1cccc(C)c1-n1cnnc1-c1ccc2ocnc2c1. The minimum Gasteiger partial charge on any atom is -0.443 e. The van der Waals surface area contributed by atoms with Crippen molar-refractivity contribution in [1.82, 2.24) is 19.7 Å². The van der Waals surface area contributed by atoms with E-state index in [2.05, 4.69) is 47.2 Å². The van der Waals surface area contributed by atoms with Crippen molar-refractivity contribution < 1.29 is 4.42 Å². The predicted octanol–water partition coefficient (Wildman–Crippen LogP) is 3.69. The third kappa shape index (κ3) is 1.90. The van der Waals surface area contributed by atoms with E-state index in [-0.39, 0.29) is 0 Å². The maximum absolute atomic E-state index is 5.29. The quantitative estimate of drug-likeness (QED) is 0.565. The zero-order valence-corrected chi connectivity index (χ0v) is 12.3. The van der Waals surface area contributed by atoms with Gasteiger partial charge in [0, 0.05) is 5.56 Å². The van der Waals surface area contributed by atoms with Gasteiger partial charge in [-0.2, -0.15) is 0 Å². The van der Waals surface area contributed by atoms with Crippen molar-refractivity contribution in [1.29, 1.82) is 0 Å². The highest BCUT2D eigenvalue weighted by molar-refractivity contribution is 5.78. The lowest BCUT2D eigenvalue weighted by atomic mass is 10.1. The van der Waals surface area contributed by atoms with Gasteiger partial charge in [0.1, 0.15) is 11.8 Å². The number of aryl methyl sites for hydroxylation is 2. The van der Waals surface area contributed by atoms with E-state index in [0.717, 1.165) is 28.2 Å². The minimum absolute atomic E-state index is 0.766. The van der Waals surface area contributed by atoms with Gasteiger partial charge in [0.15, 0.2) is 17.8 Å². The fourth-order valence-corrected chi connectivity index (χ4v) is 2.78. The zero-order valence-electron chi connectivity index (χ0n) is 12.3. The van der Waals surface area contributed by atoms with Gasteiger partial charge in [0.2, 0.25) is 0 Å². The van der Waals surface area contributed by atoms with Gasteiger partial charge in [0.05, 0.1) is 5.69 Å². The molecule has 0 fully saturated rings. The third-order valence-corrected chi connectivity index (χ3v) is 3.82. The van der Waals surface area contributed by atoms with Gasteiger partial charge >= 0.3 is 0 Å². The van der Waals surface area contributed by atoms with Crippen LogP contribution in [0.1, 0.15) is 11.1 Å². The Balaban J connectivity index is 1.93. The van der Waals surface area contributed by atoms with Crippen molar-refractivity contribution in [2.24, 2.45) is 0 Å². The molecule has 4 rings (SSSR count). The summed E-state index contributed by atoms with van der Waals surface area (Å²) in [4.78, 5) is 4.20. The molecule has 2 heterocycles. The average Bonchev–Trinajstić information content (AvgIpc) is 3.15. The fraction of sp³-hybridized carbons (Fsp3) is 0.118. The Bertz CT molecular complexity index is 947. The maximum atomic E-state index is 5.29. The first-order valence-electron chi connectivity index (χ1n) is 7.04. The molecular weight excluding hydrogens is 276 g/mol. The van der Waals surface area contributed by atoms with E-state index < -0.39 is 0 Å². The first kappa shape index (κ1) is 12.8. The molecule has 0 aliphatic heterocycles. The molecule has 108 valence electrons. The van der Waals surface area contributed by atoms with E-state index in [9.17, 15) is 0 Å². The van der Waals surface area contributed by atoms with Crippen LogP contribution in [-0.2, 0) is 0 Å². The van der Waals surface area contributed by atoms with Gasteiger partial charge in [-0.05, 0) is 43.2 Å². The molecule has 0 unspecified atom stereocenters. The van der Waals surface area contributed by atoms with Gasteiger partial charge in [-0.15, -0.1) is 10.2 Å². The number of hydrogen-bond donors (Lipinski definition) is 0. The smallest absolute Gasteiger partial charge is 0.181 e. The second-order valence-corrected chi connectivity index (χ2v) is 5.30. The summed E-state index contributed by atoms with van der Waals surface area (Å²) in [7, 11) is 0. The first-order chi connectivity index (χ1) is 10.7. The summed E-state index contributed by atoms with van der Waals surface area (Å²) in [5, 5.41) is 8.38. The highest BCUT2D eigenvalue weighted by Gasteiger charge is 2.13. The van der Waals surface area contributed by atoms with Gasteiger partial charge in [0.25, 0.3) is 0 Å². The molecule has 4 aromatic rings. The van der Waals surface area contributed by atoms with Gasteiger partial charge < -0.3 is 4.42 Å². The molecule has 0 atom stereocenters. The van der Waals surface area contributed by atoms with Gasteiger partial charge in [-0.1, -0.05) is 18.2 Å². The number of nitrogens with zero attached hydrogens (tertiary/aromatic N) is 4. The van der Waals surface area contributed by atoms with Crippen molar-refractivity contribution in [3.05, 3.63) is 60.2 Å². The lowest BCUT2D eigenvalue weighted by molar-refractivity contribution is 0.602. The van der Waals surface area contributed by atoms with Gasteiger partial charge in [-0.3, -0.25) is 4.57 Å². The lowest BCUT2D eigenvalue weighted by Gasteiger charge is -2.12.